The maximum Gasteiger partial charge on any atom is 0.130 e. The fraction of sp³-hybridized carbons (Fsp3) is 0.455. The maximum absolute atomic E-state index is 12.9. The van der Waals surface area contributed by atoms with Gasteiger partial charge in [-0.05, 0) is 12.8 Å². The number of hydrogen-bond donors (Lipinski definition) is 2. The number of hydrogen-bond acceptors (Lipinski definition) is 3. The average Bonchev–Trinajstić information content (AvgIpc) is 2.88. The highest BCUT2D eigenvalue weighted by atomic mass is 19.1. The average molecular weight is 212 g/mol. The molecule has 1 aromatic carbocycles. The summed E-state index contributed by atoms with van der Waals surface area (Å²) >= 11 is 0. The number of rotatable bonds is 3. The number of aromatic hydroxyl groups is 1. The Hall–Kier alpha value is -1.29. The molecular weight excluding hydrogens is 199 g/mol. The third-order valence-corrected chi connectivity index (χ3v) is 2.70. The Morgan fingerprint density at radius 1 is 1.47 bits per heavy atom. The number of phenolic OH excluding ortho intramolecular Hbond substituents is 1. The van der Waals surface area contributed by atoms with Gasteiger partial charge in [0.25, 0.3) is 0 Å². The molecule has 0 radical (unpaired) electrons. The van der Waals surface area contributed by atoms with Crippen LogP contribution in [0.5, 0.6) is 11.5 Å². The van der Waals surface area contributed by atoms with E-state index >= 15 is 0 Å². The molecule has 1 aliphatic carbocycles. The fourth-order valence-electron chi connectivity index (χ4n) is 1.61. The van der Waals surface area contributed by atoms with Gasteiger partial charge in [0.2, 0.25) is 0 Å². The highest BCUT2D eigenvalue weighted by Gasteiger charge is 2.41. The normalized spacial score (nSPS) is 17.5. The zero-order valence-electron chi connectivity index (χ0n) is 8.46. The van der Waals surface area contributed by atoms with Gasteiger partial charge in [-0.3, -0.25) is 0 Å². The molecule has 0 saturated heterocycles. The molecule has 2 rings (SSSR count). The Morgan fingerprint density at radius 2 is 2.13 bits per heavy atom. The van der Waals surface area contributed by atoms with E-state index < -0.39 is 11.4 Å². The van der Waals surface area contributed by atoms with Crippen LogP contribution in [0.4, 0.5) is 4.39 Å². The van der Waals surface area contributed by atoms with E-state index in [-0.39, 0.29) is 11.5 Å². The smallest absolute Gasteiger partial charge is 0.130 e. The van der Waals surface area contributed by atoms with Crippen molar-refractivity contribution in [3.8, 4) is 11.5 Å². The van der Waals surface area contributed by atoms with Gasteiger partial charge in [-0.15, -0.1) is 0 Å². The Bertz CT molecular complexity index is 386. The maximum atomic E-state index is 12.9. The van der Waals surface area contributed by atoms with E-state index in [4.69, 9.17) is 4.74 Å². The highest BCUT2D eigenvalue weighted by Crippen LogP contribution is 2.42. The summed E-state index contributed by atoms with van der Waals surface area (Å²) in [7, 11) is 1.41. The fourth-order valence-corrected chi connectivity index (χ4v) is 1.61. The SMILES string of the molecule is COc1cc(F)cc(O)c1CC1(O)CC1. The molecule has 0 atom stereocenters. The summed E-state index contributed by atoms with van der Waals surface area (Å²) < 4.78 is 17.9. The summed E-state index contributed by atoms with van der Waals surface area (Å²) in [6, 6.07) is 2.24. The van der Waals surface area contributed by atoms with Crippen molar-refractivity contribution in [1.29, 1.82) is 0 Å². The van der Waals surface area contributed by atoms with Crippen LogP contribution >= 0.6 is 0 Å². The first-order valence-electron chi connectivity index (χ1n) is 4.82. The quantitative estimate of drug-likeness (QED) is 0.800. The second-order valence-electron chi connectivity index (χ2n) is 4.01. The minimum atomic E-state index is -0.734. The number of methoxy groups -OCH3 is 1. The van der Waals surface area contributed by atoms with Crippen molar-refractivity contribution in [3.63, 3.8) is 0 Å². The molecule has 0 bridgehead atoms. The lowest BCUT2D eigenvalue weighted by atomic mass is 10.0. The molecule has 82 valence electrons. The molecule has 1 aliphatic rings. The number of halogens is 1. The van der Waals surface area contributed by atoms with E-state index in [1.165, 1.54) is 13.2 Å². The monoisotopic (exact) mass is 212 g/mol. The first-order valence-corrected chi connectivity index (χ1v) is 4.82. The molecule has 15 heavy (non-hydrogen) atoms. The van der Waals surface area contributed by atoms with Crippen LogP contribution in [0.25, 0.3) is 0 Å². The third-order valence-electron chi connectivity index (χ3n) is 2.70. The molecule has 0 amide bonds. The van der Waals surface area contributed by atoms with Gasteiger partial charge >= 0.3 is 0 Å². The van der Waals surface area contributed by atoms with Gasteiger partial charge < -0.3 is 14.9 Å². The van der Waals surface area contributed by atoms with Crippen LogP contribution in [0, 0.1) is 5.82 Å². The van der Waals surface area contributed by atoms with E-state index in [1.807, 2.05) is 0 Å². The highest BCUT2D eigenvalue weighted by molar-refractivity contribution is 5.45. The minimum absolute atomic E-state index is 0.160. The molecule has 0 aliphatic heterocycles. The van der Waals surface area contributed by atoms with Gasteiger partial charge in [0.1, 0.15) is 17.3 Å². The summed E-state index contributed by atoms with van der Waals surface area (Å²) in [5.41, 5.74) is -0.262. The summed E-state index contributed by atoms with van der Waals surface area (Å²) in [6.45, 7) is 0. The largest absolute Gasteiger partial charge is 0.507 e. The van der Waals surface area contributed by atoms with Gasteiger partial charge in [-0.2, -0.15) is 0 Å². The molecule has 0 aromatic heterocycles. The Balaban J connectivity index is 2.35. The lowest BCUT2D eigenvalue weighted by Gasteiger charge is -2.13. The summed E-state index contributed by atoms with van der Waals surface area (Å²) in [4.78, 5) is 0. The molecule has 0 heterocycles. The molecule has 1 aromatic rings. The van der Waals surface area contributed by atoms with Gasteiger partial charge in [0.15, 0.2) is 0 Å². The first kappa shape index (κ1) is 10.2. The summed E-state index contributed by atoms with van der Waals surface area (Å²) in [5, 5.41) is 19.3. The Kier molecular flexibility index (Phi) is 2.31. The van der Waals surface area contributed by atoms with Crippen LogP contribution in [0.1, 0.15) is 18.4 Å². The zero-order chi connectivity index (χ0) is 11.1. The molecule has 4 heteroatoms. The number of aliphatic hydroxyl groups is 1. The second kappa shape index (κ2) is 3.38. The van der Waals surface area contributed by atoms with Crippen molar-refractivity contribution in [3.05, 3.63) is 23.5 Å². The van der Waals surface area contributed by atoms with Crippen molar-refractivity contribution >= 4 is 0 Å². The first-order chi connectivity index (χ1) is 7.04. The number of phenols is 1. The van der Waals surface area contributed by atoms with Crippen molar-refractivity contribution in [2.45, 2.75) is 24.9 Å². The van der Waals surface area contributed by atoms with Gasteiger partial charge in [-0.1, -0.05) is 0 Å². The molecular formula is C11H13FO3. The number of ether oxygens (including phenoxy) is 1. The van der Waals surface area contributed by atoms with Crippen LogP contribution in [0.3, 0.4) is 0 Å². The molecule has 2 N–H and O–H groups in total. The van der Waals surface area contributed by atoms with Gasteiger partial charge in [0.05, 0.1) is 12.7 Å². The van der Waals surface area contributed by atoms with Crippen LogP contribution in [-0.4, -0.2) is 22.9 Å². The van der Waals surface area contributed by atoms with Crippen molar-refractivity contribution in [2.24, 2.45) is 0 Å². The van der Waals surface area contributed by atoms with Crippen molar-refractivity contribution in [2.75, 3.05) is 7.11 Å². The number of benzene rings is 1. The third kappa shape index (κ3) is 2.04. The van der Waals surface area contributed by atoms with E-state index in [0.29, 0.717) is 24.8 Å². The predicted octanol–water partition coefficient (Wildman–Crippen LogP) is 1.61. The van der Waals surface area contributed by atoms with Crippen molar-refractivity contribution in [1.82, 2.24) is 0 Å². The molecule has 3 nitrogen and oxygen atoms in total. The Morgan fingerprint density at radius 3 is 2.67 bits per heavy atom. The molecule has 0 spiro atoms. The van der Waals surface area contributed by atoms with E-state index in [9.17, 15) is 14.6 Å². The van der Waals surface area contributed by atoms with Crippen LogP contribution in [-0.2, 0) is 6.42 Å². The summed E-state index contributed by atoms with van der Waals surface area (Å²) in [6.07, 6.45) is 1.74. The van der Waals surface area contributed by atoms with Gasteiger partial charge in [-0.25, -0.2) is 4.39 Å². The van der Waals surface area contributed by atoms with Crippen molar-refractivity contribution < 1.29 is 19.3 Å². The van der Waals surface area contributed by atoms with Gasteiger partial charge in [0, 0.05) is 24.1 Å². The lowest BCUT2D eigenvalue weighted by molar-refractivity contribution is 0.148. The van der Waals surface area contributed by atoms with Crippen LogP contribution in [0.15, 0.2) is 12.1 Å². The molecule has 0 unspecified atom stereocenters. The summed E-state index contributed by atoms with van der Waals surface area (Å²) in [5.74, 6) is -0.420. The second-order valence-corrected chi connectivity index (χ2v) is 4.01. The van der Waals surface area contributed by atoms with E-state index in [0.717, 1.165) is 6.07 Å². The van der Waals surface area contributed by atoms with E-state index in [1.54, 1.807) is 0 Å². The standard InChI is InChI=1S/C11H13FO3/c1-15-10-5-7(12)4-9(13)8(10)6-11(14)2-3-11/h4-5,13-14H,2-3,6H2,1H3. The topological polar surface area (TPSA) is 49.7 Å². The lowest BCUT2D eigenvalue weighted by Crippen LogP contribution is -2.12. The minimum Gasteiger partial charge on any atom is -0.507 e. The van der Waals surface area contributed by atoms with Crippen LogP contribution < -0.4 is 4.74 Å². The van der Waals surface area contributed by atoms with E-state index in [2.05, 4.69) is 0 Å². The molecule has 1 saturated carbocycles. The predicted molar refractivity (Wildman–Crippen MR) is 52.5 cm³/mol. The molecule has 1 fully saturated rings. The Labute approximate surface area is 87.1 Å². The van der Waals surface area contributed by atoms with Crippen LogP contribution in [0.2, 0.25) is 0 Å². The zero-order valence-corrected chi connectivity index (χ0v) is 8.46.